The molecule has 1 aromatic heterocycles. The molecular weight excluding hydrogens is 393 g/mol. The van der Waals surface area contributed by atoms with Gasteiger partial charge in [-0.05, 0) is 60.7 Å². The third kappa shape index (κ3) is 5.17. The Labute approximate surface area is 172 Å². The van der Waals surface area contributed by atoms with Crippen molar-refractivity contribution in [3.05, 3.63) is 94.1 Å². The highest BCUT2D eigenvalue weighted by molar-refractivity contribution is 5.92. The second kappa shape index (κ2) is 9.43. The van der Waals surface area contributed by atoms with Crippen LogP contribution in [0.3, 0.4) is 0 Å². The lowest BCUT2D eigenvalue weighted by atomic mass is 9.98. The van der Waals surface area contributed by atoms with Gasteiger partial charge >= 0.3 is 0 Å². The largest absolute Gasteiger partial charge is 0.360 e. The number of amides is 1. The van der Waals surface area contributed by atoms with Crippen LogP contribution in [-0.2, 0) is 6.42 Å². The third-order valence-electron chi connectivity index (χ3n) is 4.75. The molecule has 0 atom stereocenters. The summed E-state index contributed by atoms with van der Waals surface area (Å²) in [4.78, 5) is 12.3. The SMILES string of the molecule is C/C=C(/CCNC(=O)c1cc(Cc2ccc(F)cc2F)on1)c1cc(F)ccc1C. The highest BCUT2D eigenvalue weighted by Crippen LogP contribution is 2.23. The van der Waals surface area contributed by atoms with Crippen LogP contribution in [0.4, 0.5) is 13.2 Å². The second-order valence-electron chi connectivity index (χ2n) is 6.87. The van der Waals surface area contributed by atoms with E-state index in [1.165, 1.54) is 24.3 Å². The highest BCUT2D eigenvalue weighted by atomic mass is 19.1. The fourth-order valence-corrected chi connectivity index (χ4v) is 3.13. The minimum absolute atomic E-state index is 0.0496. The van der Waals surface area contributed by atoms with Gasteiger partial charge in [0.05, 0.1) is 0 Å². The van der Waals surface area contributed by atoms with Gasteiger partial charge in [0.1, 0.15) is 23.2 Å². The number of carbonyl (C=O) groups excluding carboxylic acids is 1. The van der Waals surface area contributed by atoms with Crippen LogP contribution >= 0.6 is 0 Å². The predicted molar refractivity (Wildman–Crippen MR) is 107 cm³/mol. The minimum atomic E-state index is -0.691. The maximum absolute atomic E-state index is 13.8. The van der Waals surface area contributed by atoms with Crippen molar-refractivity contribution in [2.75, 3.05) is 6.54 Å². The van der Waals surface area contributed by atoms with Crippen molar-refractivity contribution in [3.63, 3.8) is 0 Å². The summed E-state index contributed by atoms with van der Waals surface area (Å²) in [6, 6.07) is 9.29. The van der Waals surface area contributed by atoms with Crippen molar-refractivity contribution in [2.24, 2.45) is 0 Å². The highest BCUT2D eigenvalue weighted by Gasteiger charge is 2.15. The summed E-state index contributed by atoms with van der Waals surface area (Å²) >= 11 is 0. The van der Waals surface area contributed by atoms with Gasteiger partial charge in [0.2, 0.25) is 0 Å². The molecule has 0 saturated heterocycles. The summed E-state index contributed by atoms with van der Waals surface area (Å²) in [7, 11) is 0. The summed E-state index contributed by atoms with van der Waals surface area (Å²) in [6.07, 6.45) is 2.45. The molecule has 4 nitrogen and oxygen atoms in total. The molecule has 30 heavy (non-hydrogen) atoms. The number of allylic oxidation sites excluding steroid dienone is 1. The molecule has 0 aliphatic carbocycles. The van der Waals surface area contributed by atoms with E-state index in [1.807, 2.05) is 19.9 Å². The number of carbonyl (C=O) groups is 1. The molecular formula is C23H21F3N2O2. The standard InChI is InChI=1S/C23H21F3N2O2/c1-3-15(20-11-17(24)6-4-14(20)2)8-9-27-23(29)22-13-19(30-28-22)10-16-5-7-18(25)12-21(16)26/h3-7,11-13H,8-10H2,1-2H3,(H,27,29)/b15-3-. The van der Waals surface area contributed by atoms with Crippen LogP contribution in [0.1, 0.15) is 46.3 Å². The molecule has 0 bridgehead atoms. The molecule has 3 aromatic rings. The van der Waals surface area contributed by atoms with E-state index in [0.717, 1.165) is 28.8 Å². The van der Waals surface area contributed by atoms with E-state index in [-0.39, 0.29) is 29.3 Å². The second-order valence-corrected chi connectivity index (χ2v) is 6.87. The van der Waals surface area contributed by atoms with Gasteiger partial charge in [-0.25, -0.2) is 13.2 Å². The Hall–Kier alpha value is -3.35. The van der Waals surface area contributed by atoms with Crippen LogP contribution in [0.2, 0.25) is 0 Å². The lowest BCUT2D eigenvalue weighted by molar-refractivity contribution is 0.0945. The number of halogens is 3. The summed E-state index contributed by atoms with van der Waals surface area (Å²) in [5.74, 6) is -1.82. The smallest absolute Gasteiger partial charge is 0.273 e. The van der Waals surface area contributed by atoms with Crippen LogP contribution in [0.25, 0.3) is 5.57 Å². The molecule has 156 valence electrons. The Kier molecular flexibility index (Phi) is 6.72. The molecule has 0 radical (unpaired) electrons. The topological polar surface area (TPSA) is 55.1 Å². The van der Waals surface area contributed by atoms with Crippen LogP contribution in [-0.4, -0.2) is 17.6 Å². The van der Waals surface area contributed by atoms with Crippen molar-refractivity contribution in [1.82, 2.24) is 10.5 Å². The molecule has 0 spiro atoms. The van der Waals surface area contributed by atoms with Gasteiger partial charge in [-0.15, -0.1) is 0 Å². The number of rotatable bonds is 7. The number of hydrogen-bond acceptors (Lipinski definition) is 3. The minimum Gasteiger partial charge on any atom is -0.360 e. The van der Waals surface area contributed by atoms with E-state index in [2.05, 4.69) is 10.5 Å². The van der Waals surface area contributed by atoms with E-state index < -0.39 is 17.5 Å². The molecule has 0 fully saturated rings. The van der Waals surface area contributed by atoms with Crippen molar-refractivity contribution >= 4 is 11.5 Å². The van der Waals surface area contributed by atoms with Crippen LogP contribution < -0.4 is 5.32 Å². The number of nitrogens with one attached hydrogen (secondary N) is 1. The molecule has 1 N–H and O–H groups in total. The van der Waals surface area contributed by atoms with Gasteiger partial charge in [0.15, 0.2) is 5.69 Å². The Morgan fingerprint density at radius 2 is 1.83 bits per heavy atom. The molecule has 0 saturated carbocycles. The molecule has 1 amide bonds. The molecule has 2 aromatic carbocycles. The van der Waals surface area contributed by atoms with Gasteiger partial charge in [0.25, 0.3) is 5.91 Å². The van der Waals surface area contributed by atoms with E-state index in [1.54, 1.807) is 6.07 Å². The first kappa shape index (κ1) is 21.4. The Balaban J connectivity index is 1.58. The monoisotopic (exact) mass is 414 g/mol. The Morgan fingerprint density at radius 1 is 1.10 bits per heavy atom. The summed E-state index contributed by atoms with van der Waals surface area (Å²) in [5.41, 5.74) is 2.97. The maximum Gasteiger partial charge on any atom is 0.273 e. The quantitative estimate of drug-likeness (QED) is 0.577. The van der Waals surface area contributed by atoms with Crippen molar-refractivity contribution < 1.29 is 22.5 Å². The van der Waals surface area contributed by atoms with Gasteiger partial charge < -0.3 is 9.84 Å². The average Bonchev–Trinajstić information content (AvgIpc) is 3.18. The average molecular weight is 414 g/mol. The third-order valence-corrected chi connectivity index (χ3v) is 4.75. The van der Waals surface area contributed by atoms with Gasteiger partial charge in [-0.3, -0.25) is 4.79 Å². The van der Waals surface area contributed by atoms with E-state index in [4.69, 9.17) is 4.52 Å². The molecule has 7 heteroatoms. The molecule has 0 aliphatic heterocycles. The first-order chi connectivity index (χ1) is 14.4. The summed E-state index contributed by atoms with van der Waals surface area (Å²) < 4.78 is 45.4. The normalized spacial score (nSPS) is 11.6. The molecule has 3 rings (SSSR count). The van der Waals surface area contributed by atoms with E-state index in [9.17, 15) is 18.0 Å². The predicted octanol–water partition coefficient (Wildman–Crippen LogP) is 5.21. The van der Waals surface area contributed by atoms with E-state index >= 15 is 0 Å². The molecule has 1 heterocycles. The van der Waals surface area contributed by atoms with Gasteiger partial charge in [-0.1, -0.05) is 23.4 Å². The number of aryl methyl sites for hydroxylation is 1. The maximum atomic E-state index is 13.8. The Morgan fingerprint density at radius 3 is 2.57 bits per heavy atom. The zero-order valence-corrected chi connectivity index (χ0v) is 16.6. The molecule has 0 unspecified atom stereocenters. The first-order valence-corrected chi connectivity index (χ1v) is 9.47. The lowest BCUT2D eigenvalue weighted by Gasteiger charge is -2.11. The fourth-order valence-electron chi connectivity index (χ4n) is 3.13. The van der Waals surface area contributed by atoms with Crippen molar-refractivity contribution in [3.8, 4) is 0 Å². The number of benzene rings is 2. The Bertz CT molecular complexity index is 1090. The fraction of sp³-hybridized carbons (Fsp3) is 0.217. The van der Waals surface area contributed by atoms with Gasteiger partial charge in [-0.2, -0.15) is 0 Å². The number of hydrogen-bond donors (Lipinski definition) is 1. The van der Waals surface area contributed by atoms with Crippen molar-refractivity contribution in [1.29, 1.82) is 0 Å². The zero-order chi connectivity index (χ0) is 21.7. The van der Waals surface area contributed by atoms with Crippen molar-refractivity contribution in [2.45, 2.75) is 26.7 Å². The molecule has 0 aliphatic rings. The van der Waals surface area contributed by atoms with Crippen LogP contribution in [0, 0.1) is 24.4 Å². The number of aromatic nitrogens is 1. The van der Waals surface area contributed by atoms with Crippen LogP contribution in [0.15, 0.2) is 53.1 Å². The summed E-state index contributed by atoms with van der Waals surface area (Å²) in [5, 5.41) is 6.46. The zero-order valence-electron chi connectivity index (χ0n) is 16.6. The van der Waals surface area contributed by atoms with Gasteiger partial charge in [0, 0.05) is 25.1 Å². The summed E-state index contributed by atoms with van der Waals surface area (Å²) in [6.45, 7) is 4.08. The van der Waals surface area contributed by atoms with E-state index in [0.29, 0.717) is 13.0 Å². The lowest BCUT2D eigenvalue weighted by Crippen LogP contribution is -2.25. The van der Waals surface area contributed by atoms with Crippen LogP contribution in [0.5, 0.6) is 0 Å². The first-order valence-electron chi connectivity index (χ1n) is 9.47. The number of nitrogens with zero attached hydrogens (tertiary/aromatic N) is 1.